The van der Waals surface area contributed by atoms with Crippen LogP contribution in [-0.2, 0) is 5.41 Å². The Morgan fingerprint density at radius 2 is 1.56 bits per heavy atom. The van der Waals surface area contributed by atoms with Gasteiger partial charge < -0.3 is 4.90 Å². The summed E-state index contributed by atoms with van der Waals surface area (Å²) < 4.78 is 0. The molecule has 1 aliphatic heterocycles. The Hall–Kier alpha value is -2.84. The fourth-order valence-corrected chi connectivity index (χ4v) is 3.23. The average Bonchev–Trinajstić information content (AvgIpc) is 2.59. The lowest BCUT2D eigenvalue weighted by molar-refractivity contribution is 0.487. The van der Waals surface area contributed by atoms with Crippen LogP contribution in [-0.4, -0.2) is 11.9 Å². The first-order valence-electron chi connectivity index (χ1n) is 8.25. The summed E-state index contributed by atoms with van der Waals surface area (Å²) in [5.74, 6) is 6.38. The van der Waals surface area contributed by atoms with E-state index in [9.17, 15) is 0 Å². The quantitative estimate of drug-likeness (QED) is 0.715. The third kappa shape index (κ3) is 2.75. The van der Waals surface area contributed by atoms with Crippen LogP contribution < -0.4 is 4.90 Å². The van der Waals surface area contributed by atoms with Crippen LogP contribution in [0.2, 0.25) is 0 Å². The number of terminal acetylenes is 2. The number of allylic oxidation sites excluding steroid dienone is 2. The van der Waals surface area contributed by atoms with Crippen molar-refractivity contribution in [2.24, 2.45) is 0 Å². The molecule has 0 aromatic heterocycles. The van der Waals surface area contributed by atoms with E-state index < -0.39 is 5.41 Å². The number of hydrogen-bond donors (Lipinski definition) is 0. The highest BCUT2D eigenvalue weighted by molar-refractivity contribution is 5.70. The average molecular weight is 330 g/mol. The fourth-order valence-electron chi connectivity index (χ4n) is 3.23. The van der Waals surface area contributed by atoms with Gasteiger partial charge in [0.25, 0.3) is 0 Å². The van der Waals surface area contributed by atoms with Gasteiger partial charge in [-0.05, 0) is 62.9 Å². The van der Waals surface area contributed by atoms with Gasteiger partial charge in [-0.2, -0.15) is 0 Å². The van der Waals surface area contributed by atoms with E-state index in [1.807, 2.05) is 20.9 Å². The maximum absolute atomic E-state index is 5.75. The standard InChI is InChI=1S/C23H26N2/c1-11-23(9,12-2)21-14-22(16(4)13-15(21)3)25-19(7)17(5)18(6)24(10)20(25)8/h1-2,13-14H,7-8H2,3-6,9-10H3. The van der Waals surface area contributed by atoms with Crippen LogP contribution in [0.15, 0.2) is 48.1 Å². The number of anilines is 1. The van der Waals surface area contributed by atoms with Crippen molar-refractivity contribution >= 4 is 5.69 Å². The second-order valence-electron chi connectivity index (χ2n) is 6.84. The van der Waals surface area contributed by atoms with Gasteiger partial charge in [-0.1, -0.05) is 31.1 Å². The molecule has 0 amide bonds. The smallest absolute Gasteiger partial charge is 0.114 e. The van der Waals surface area contributed by atoms with Gasteiger partial charge in [0.2, 0.25) is 0 Å². The normalized spacial score (nSPS) is 15.4. The second kappa shape index (κ2) is 6.23. The molecule has 0 atom stereocenters. The largest absolute Gasteiger partial charge is 0.335 e. The van der Waals surface area contributed by atoms with Crippen molar-refractivity contribution in [3.63, 3.8) is 0 Å². The molecule has 128 valence electrons. The summed E-state index contributed by atoms with van der Waals surface area (Å²) in [6.07, 6.45) is 11.5. The molecule has 0 spiro atoms. The Bertz CT molecular complexity index is 870. The molecule has 0 saturated carbocycles. The summed E-state index contributed by atoms with van der Waals surface area (Å²) in [5.41, 5.74) is 6.63. The van der Waals surface area contributed by atoms with Gasteiger partial charge in [0.1, 0.15) is 11.2 Å². The number of rotatable bonds is 2. The first-order chi connectivity index (χ1) is 11.6. The van der Waals surface area contributed by atoms with Crippen LogP contribution in [0, 0.1) is 38.5 Å². The highest BCUT2D eigenvalue weighted by atomic mass is 15.3. The van der Waals surface area contributed by atoms with E-state index in [1.165, 1.54) is 0 Å². The SMILES string of the molecule is C#CC(C)(C#C)c1cc(N2C(=C)C(C)=C(C)N(C)C2=C)c(C)cc1C. The van der Waals surface area contributed by atoms with Crippen LogP contribution in [0.4, 0.5) is 5.69 Å². The zero-order valence-corrected chi connectivity index (χ0v) is 16.1. The minimum atomic E-state index is -0.752. The molecular weight excluding hydrogens is 304 g/mol. The minimum absolute atomic E-state index is 0.752. The van der Waals surface area contributed by atoms with E-state index in [-0.39, 0.29) is 0 Å². The first kappa shape index (κ1) is 18.5. The fraction of sp³-hybridized carbons (Fsp3) is 0.304. The van der Waals surface area contributed by atoms with Crippen molar-refractivity contribution in [2.45, 2.75) is 40.0 Å². The van der Waals surface area contributed by atoms with Crippen LogP contribution >= 0.6 is 0 Å². The molecule has 2 heteroatoms. The molecule has 0 aliphatic carbocycles. The highest BCUT2D eigenvalue weighted by Crippen LogP contribution is 2.39. The Labute approximate surface area is 152 Å². The van der Waals surface area contributed by atoms with Crippen LogP contribution in [0.3, 0.4) is 0 Å². The summed E-state index contributed by atoms with van der Waals surface area (Å²) in [4.78, 5) is 4.15. The van der Waals surface area contributed by atoms with E-state index in [2.05, 4.69) is 67.7 Å². The van der Waals surface area contributed by atoms with Gasteiger partial charge in [0.05, 0.1) is 5.69 Å². The predicted molar refractivity (Wildman–Crippen MR) is 108 cm³/mol. The maximum Gasteiger partial charge on any atom is 0.114 e. The highest BCUT2D eigenvalue weighted by Gasteiger charge is 2.30. The van der Waals surface area contributed by atoms with Crippen LogP contribution in [0.1, 0.15) is 37.5 Å². The van der Waals surface area contributed by atoms with Gasteiger partial charge in [0.15, 0.2) is 0 Å². The van der Waals surface area contributed by atoms with E-state index >= 15 is 0 Å². The third-order valence-electron chi connectivity index (χ3n) is 5.29. The van der Waals surface area contributed by atoms with Crippen molar-refractivity contribution in [2.75, 3.05) is 11.9 Å². The molecule has 0 fully saturated rings. The summed E-state index contributed by atoms with van der Waals surface area (Å²) in [6, 6.07) is 4.21. The van der Waals surface area contributed by atoms with Gasteiger partial charge in [-0.3, -0.25) is 4.90 Å². The minimum Gasteiger partial charge on any atom is -0.335 e. The van der Waals surface area contributed by atoms with Crippen molar-refractivity contribution in [1.29, 1.82) is 0 Å². The molecule has 0 bridgehead atoms. The zero-order chi connectivity index (χ0) is 19.1. The number of nitrogens with zero attached hydrogens (tertiary/aromatic N) is 2. The Morgan fingerprint density at radius 1 is 1.00 bits per heavy atom. The van der Waals surface area contributed by atoms with E-state index in [1.54, 1.807) is 0 Å². The zero-order valence-electron chi connectivity index (χ0n) is 16.1. The molecule has 0 saturated heterocycles. The Kier molecular flexibility index (Phi) is 4.61. The van der Waals surface area contributed by atoms with E-state index in [0.29, 0.717) is 0 Å². The summed E-state index contributed by atoms with van der Waals surface area (Å²) in [7, 11) is 2.01. The molecule has 0 radical (unpaired) electrons. The molecule has 1 aromatic rings. The first-order valence-corrected chi connectivity index (χ1v) is 8.25. The van der Waals surface area contributed by atoms with Crippen molar-refractivity contribution in [1.82, 2.24) is 4.90 Å². The molecule has 25 heavy (non-hydrogen) atoms. The number of benzene rings is 1. The molecule has 2 rings (SSSR count). The molecule has 1 heterocycles. The molecule has 2 nitrogen and oxygen atoms in total. The summed E-state index contributed by atoms with van der Waals surface area (Å²) >= 11 is 0. The van der Waals surface area contributed by atoms with Gasteiger partial charge >= 0.3 is 0 Å². The predicted octanol–water partition coefficient (Wildman–Crippen LogP) is 4.86. The van der Waals surface area contributed by atoms with Crippen LogP contribution in [0.25, 0.3) is 0 Å². The van der Waals surface area contributed by atoms with Crippen molar-refractivity contribution in [3.8, 4) is 24.7 Å². The lowest BCUT2D eigenvalue weighted by Crippen LogP contribution is -2.37. The maximum atomic E-state index is 5.75. The second-order valence-corrected chi connectivity index (χ2v) is 6.84. The van der Waals surface area contributed by atoms with Gasteiger partial charge in [0, 0.05) is 18.4 Å². The lowest BCUT2D eigenvalue weighted by Gasteiger charge is -2.41. The Morgan fingerprint density at radius 3 is 2.08 bits per heavy atom. The third-order valence-corrected chi connectivity index (χ3v) is 5.29. The summed E-state index contributed by atoms with van der Waals surface area (Å²) in [5, 5.41) is 0. The molecular formula is C23H26N2. The molecule has 0 unspecified atom stereocenters. The lowest BCUT2D eigenvalue weighted by atomic mass is 9.80. The molecule has 0 N–H and O–H groups in total. The molecule has 1 aliphatic rings. The van der Waals surface area contributed by atoms with E-state index in [0.717, 1.165) is 45.2 Å². The van der Waals surface area contributed by atoms with Crippen LogP contribution in [0.5, 0.6) is 0 Å². The van der Waals surface area contributed by atoms with Crippen molar-refractivity contribution < 1.29 is 0 Å². The van der Waals surface area contributed by atoms with Crippen molar-refractivity contribution in [3.05, 3.63) is 64.8 Å². The Balaban J connectivity index is 2.73. The van der Waals surface area contributed by atoms with E-state index in [4.69, 9.17) is 12.8 Å². The summed E-state index contributed by atoms with van der Waals surface area (Å²) in [6.45, 7) is 18.7. The molecule has 1 aromatic carbocycles. The van der Waals surface area contributed by atoms with Gasteiger partial charge in [-0.25, -0.2) is 0 Å². The monoisotopic (exact) mass is 330 g/mol. The topological polar surface area (TPSA) is 6.48 Å². The van der Waals surface area contributed by atoms with Gasteiger partial charge in [-0.15, -0.1) is 12.8 Å². The number of aryl methyl sites for hydroxylation is 2. The number of hydrogen-bond acceptors (Lipinski definition) is 2.